The third kappa shape index (κ3) is 3.83. The maximum atomic E-state index is 4.97. The predicted octanol–water partition coefficient (Wildman–Crippen LogP) is 3.80. The van der Waals surface area contributed by atoms with Gasteiger partial charge in [0.25, 0.3) is 0 Å². The van der Waals surface area contributed by atoms with Crippen LogP contribution in [0.15, 0.2) is 60.7 Å². The van der Waals surface area contributed by atoms with Crippen molar-refractivity contribution in [2.75, 3.05) is 42.5 Å². The molecule has 5 rings (SSSR count). The first-order valence-corrected chi connectivity index (χ1v) is 10.5. The average molecular weight is 386 g/mol. The van der Waals surface area contributed by atoms with Crippen molar-refractivity contribution in [2.24, 2.45) is 0 Å². The van der Waals surface area contributed by atoms with E-state index in [0.717, 1.165) is 63.1 Å². The van der Waals surface area contributed by atoms with Gasteiger partial charge in [0.2, 0.25) is 5.95 Å². The van der Waals surface area contributed by atoms with E-state index in [2.05, 4.69) is 82.3 Å². The first kappa shape index (κ1) is 18.1. The average Bonchev–Trinajstić information content (AvgIpc) is 3.19. The number of benzene rings is 2. The Labute approximate surface area is 172 Å². The summed E-state index contributed by atoms with van der Waals surface area (Å²) in [5.41, 5.74) is 5.04. The smallest absolute Gasteiger partial charge is 0.232 e. The molecule has 1 fully saturated rings. The van der Waals surface area contributed by atoms with Crippen molar-refractivity contribution in [1.82, 2.24) is 14.9 Å². The van der Waals surface area contributed by atoms with Gasteiger partial charge in [0.1, 0.15) is 5.82 Å². The van der Waals surface area contributed by atoms with Crippen LogP contribution in [0.25, 0.3) is 0 Å². The van der Waals surface area contributed by atoms with Crippen molar-refractivity contribution in [2.45, 2.75) is 19.9 Å². The molecule has 0 radical (unpaired) electrons. The van der Waals surface area contributed by atoms with E-state index in [1.807, 2.05) is 0 Å². The number of para-hydroxylation sites is 1. The number of nitrogens with zero attached hydrogens (tertiary/aromatic N) is 5. The lowest BCUT2D eigenvalue weighted by atomic mass is 10.2. The molecule has 0 N–H and O–H groups in total. The molecular formula is C24H27N5. The van der Waals surface area contributed by atoms with Gasteiger partial charge in [0.15, 0.2) is 0 Å². The summed E-state index contributed by atoms with van der Waals surface area (Å²) in [6.45, 7) is 8.15. The highest BCUT2D eigenvalue weighted by Gasteiger charge is 2.24. The largest absolute Gasteiger partial charge is 0.354 e. The molecule has 0 spiro atoms. The number of anilines is 3. The zero-order valence-corrected chi connectivity index (χ0v) is 17.0. The normalized spacial score (nSPS) is 16.9. The van der Waals surface area contributed by atoms with Crippen molar-refractivity contribution in [3.63, 3.8) is 0 Å². The zero-order chi connectivity index (χ0) is 19.6. The summed E-state index contributed by atoms with van der Waals surface area (Å²) in [6, 6.07) is 21.4. The van der Waals surface area contributed by atoms with Crippen LogP contribution in [0.5, 0.6) is 0 Å². The van der Waals surface area contributed by atoms with Gasteiger partial charge in [-0.25, -0.2) is 4.98 Å². The van der Waals surface area contributed by atoms with Gasteiger partial charge >= 0.3 is 0 Å². The molecule has 2 aliphatic heterocycles. The van der Waals surface area contributed by atoms with Gasteiger partial charge in [0, 0.05) is 56.7 Å². The van der Waals surface area contributed by atoms with E-state index >= 15 is 0 Å². The lowest BCUT2D eigenvalue weighted by molar-refractivity contribution is 0.249. The van der Waals surface area contributed by atoms with Gasteiger partial charge in [-0.05, 0) is 30.5 Å². The summed E-state index contributed by atoms with van der Waals surface area (Å²) in [7, 11) is 0. The Morgan fingerprint density at radius 2 is 1.59 bits per heavy atom. The summed E-state index contributed by atoms with van der Waals surface area (Å²) >= 11 is 0. The summed E-state index contributed by atoms with van der Waals surface area (Å²) < 4.78 is 0. The van der Waals surface area contributed by atoms with Crippen LogP contribution in [0.4, 0.5) is 17.5 Å². The minimum atomic E-state index is 0.830. The third-order valence-electron chi connectivity index (χ3n) is 5.90. The van der Waals surface area contributed by atoms with Gasteiger partial charge in [-0.2, -0.15) is 4.98 Å². The van der Waals surface area contributed by atoms with Gasteiger partial charge in [0.05, 0.1) is 0 Å². The van der Waals surface area contributed by atoms with Crippen LogP contribution < -0.4 is 9.80 Å². The molecule has 1 saturated heterocycles. The number of piperazine rings is 1. The van der Waals surface area contributed by atoms with Crippen molar-refractivity contribution in [1.29, 1.82) is 0 Å². The topological polar surface area (TPSA) is 35.5 Å². The standard InChI is InChI=1S/C24H27N5/c1-19-17-23(26-24(25-19)29-12-11-21-9-5-6-10-22(21)29)28-15-13-27(14-16-28)18-20-7-3-2-4-8-20/h2-10,17H,11-16,18H2,1H3. The zero-order valence-electron chi connectivity index (χ0n) is 17.0. The van der Waals surface area contributed by atoms with E-state index in [1.165, 1.54) is 16.8 Å². The van der Waals surface area contributed by atoms with E-state index < -0.39 is 0 Å². The molecule has 0 saturated carbocycles. The molecule has 5 nitrogen and oxygen atoms in total. The van der Waals surface area contributed by atoms with Gasteiger partial charge in [-0.1, -0.05) is 48.5 Å². The highest BCUT2D eigenvalue weighted by Crippen LogP contribution is 2.33. The monoisotopic (exact) mass is 385 g/mol. The third-order valence-corrected chi connectivity index (χ3v) is 5.90. The molecule has 0 aliphatic carbocycles. The maximum absolute atomic E-state index is 4.97. The van der Waals surface area contributed by atoms with E-state index in [0.29, 0.717) is 0 Å². The Morgan fingerprint density at radius 3 is 2.41 bits per heavy atom. The molecule has 0 amide bonds. The molecule has 1 aromatic heterocycles. The Morgan fingerprint density at radius 1 is 0.828 bits per heavy atom. The second-order valence-corrected chi connectivity index (χ2v) is 7.95. The van der Waals surface area contributed by atoms with Crippen molar-refractivity contribution in [3.05, 3.63) is 77.5 Å². The first-order chi connectivity index (χ1) is 14.3. The summed E-state index contributed by atoms with van der Waals surface area (Å²) in [5, 5.41) is 0. The van der Waals surface area contributed by atoms with E-state index in [1.54, 1.807) is 0 Å². The van der Waals surface area contributed by atoms with Crippen molar-refractivity contribution in [3.8, 4) is 0 Å². The number of aromatic nitrogens is 2. The lowest BCUT2D eigenvalue weighted by Crippen LogP contribution is -2.46. The minimum absolute atomic E-state index is 0.830. The minimum Gasteiger partial charge on any atom is -0.354 e. The quantitative estimate of drug-likeness (QED) is 0.683. The Kier molecular flexibility index (Phi) is 4.90. The Balaban J connectivity index is 1.30. The second kappa shape index (κ2) is 7.84. The highest BCUT2D eigenvalue weighted by molar-refractivity contribution is 5.66. The number of rotatable bonds is 4. The Hall–Kier alpha value is -2.92. The van der Waals surface area contributed by atoms with Crippen LogP contribution in [0.3, 0.4) is 0 Å². The number of hydrogen-bond acceptors (Lipinski definition) is 5. The van der Waals surface area contributed by atoms with E-state index in [4.69, 9.17) is 9.97 Å². The Bertz CT molecular complexity index is 980. The van der Waals surface area contributed by atoms with Crippen LogP contribution in [-0.2, 0) is 13.0 Å². The lowest BCUT2D eigenvalue weighted by Gasteiger charge is -2.35. The fourth-order valence-corrected chi connectivity index (χ4v) is 4.34. The molecule has 2 aromatic carbocycles. The van der Waals surface area contributed by atoms with Gasteiger partial charge in [-0.15, -0.1) is 0 Å². The molecule has 2 aliphatic rings. The van der Waals surface area contributed by atoms with Crippen LogP contribution >= 0.6 is 0 Å². The summed E-state index contributed by atoms with van der Waals surface area (Å²) in [5.74, 6) is 1.88. The van der Waals surface area contributed by atoms with Crippen molar-refractivity contribution >= 4 is 17.5 Å². The maximum Gasteiger partial charge on any atom is 0.232 e. The molecule has 148 valence electrons. The first-order valence-electron chi connectivity index (χ1n) is 10.5. The van der Waals surface area contributed by atoms with Crippen LogP contribution in [-0.4, -0.2) is 47.6 Å². The van der Waals surface area contributed by atoms with E-state index in [9.17, 15) is 0 Å². The number of hydrogen-bond donors (Lipinski definition) is 0. The molecular weight excluding hydrogens is 358 g/mol. The fraction of sp³-hybridized carbons (Fsp3) is 0.333. The van der Waals surface area contributed by atoms with Crippen molar-refractivity contribution < 1.29 is 0 Å². The van der Waals surface area contributed by atoms with E-state index in [-0.39, 0.29) is 0 Å². The molecule has 29 heavy (non-hydrogen) atoms. The number of aryl methyl sites for hydroxylation is 1. The number of fused-ring (bicyclic) bond motifs is 1. The SMILES string of the molecule is Cc1cc(N2CCN(Cc3ccccc3)CC2)nc(N2CCc3ccccc32)n1. The molecule has 0 atom stereocenters. The molecule has 0 bridgehead atoms. The molecule has 3 heterocycles. The van der Waals surface area contributed by atoms with Crippen LogP contribution in [0.1, 0.15) is 16.8 Å². The molecule has 0 unspecified atom stereocenters. The fourth-order valence-electron chi connectivity index (χ4n) is 4.34. The van der Waals surface area contributed by atoms with Crippen LogP contribution in [0, 0.1) is 6.92 Å². The summed E-state index contributed by atoms with van der Waals surface area (Å²) in [6.07, 6.45) is 1.06. The molecule has 3 aromatic rings. The predicted molar refractivity (Wildman–Crippen MR) is 118 cm³/mol. The molecule has 5 heteroatoms. The van der Waals surface area contributed by atoms with Gasteiger partial charge in [-0.3, -0.25) is 4.90 Å². The van der Waals surface area contributed by atoms with Gasteiger partial charge < -0.3 is 9.80 Å². The highest BCUT2D eigenvalue weighted by atomic mass is 15.3. The second-order valence-electron chi connectivity index (χ2n) is 7.95. The van der Waals surface area contributed by atoms with Crippen LogP contribution in [0.2, 0.25) is 0 Å². The summed E-state index contributed by atoms with van der Waals surface area (Å²) in [4.78, 5) is 16.9.